The largest absolute Gasteiger partial charge is 0.497 e. The number of benzene rings is 2. The fourth-order valence-corrected chi connectivity index (χ4v) is 2.99. The predicted molar refractivity (Wildman–Crippen MR) is 112 cm³/mol. The van der Waals surface area contributed by atoms with Crippen LogP contribution in [-0.4, -0.2) is 25.1 Å². The molecule has 0 saturated heterocycles. The molecule has 0 aliphatic carbocycles. The van der Waals surface area contributed by atoms with Gasteiger partial charge in [0.05, 0.1) is 13.2 Å². The van der Waals surface area contributed by atoms with Crippen molar-refractivity contribution >= 4 is 17.6 Å². The van der Waals surface area contributed by atoms with Crippen LogP contribution in [0.15, 0.2) is 42.5 Å². The van der Waals surface area contributed by atoms with E-state index in [1.54, 1.807) is 14.0 Å². The Morgan fingerprint density at radius 1 is 1.07 bits per heavy atom. The number of rotatable bonds is 7. The van der Waals surface area contributed by atoms with Crippen molar-refractivity contribution in [1.29, 1.82) is 0 Å². The van der Waals surface area contributed by atoms with Crippen molar-refractivity contribution in [3.05, 3.63) is 59.2 Å². The SMILES string of the molecule is CCC(NC(C)C(=O)NC(=O)Nc1ccc(C)cc1C)c1ccc(OC)cc1. The molecule has 0 fully saturated rings. The highest BCUT2D eigenvalue weighted by molar-refractivity contribution is 6.03. The lowest BCUT2D eigenvalue weighted by Crippen LogP contribution is -2.47. The first kappa shape index (κ1) is 21.4. The number of nitrogens with one attached hydrogen (secondary N) is 3. The van der Waals surface area contributed by atoms with Gasteiger partial charge in [0.1, 0.15) is 5.75 Å². The molecule has 6 heteroatoms. The van der Waals surface area contributed by atoms with Crippen molar-refractivity contribution in [1.82, 2.24) is 10.6 Å². The second-order valence-corrected chi connectivity index (χ2v) is 6.88. The van der Waals surface area contributed by atoms with E-state index in [9.17, 15) is 9.59 Å². The van der Waals surface area contributed by atoms with Crippen LogP contribution in [0.25, 0.3) is 0 Å². The lowest BCUT2D eigenvalue weighted by molar-refractivity contribution is -0.121. The first-order valence-electron chi connectivity index (χ1n) is 9.43. The van der Waals surface area contributed by atoms with E-state index >= 15 is 0 Å². The Morgan fingerprint density at radius 2 is 1.75 bits per heavy atom. The number of anilines is 1. The number of ether oxygens (including phenoxy) is 1. The van der Waals surface area contributed by atoms with Crippen molar-refractivity contribution in [2.75, 3.05) is 12.4 Å². The highest BCUT2D eigenvalue weighted by Gasteiger charge is 2.20. The Labute approximate surface area is 166 Å². The molecule has 28 heavy (non-hydrogen) atoms. The molecule has 150 valence electrons. The van der Waals surface area contributed by atoms with Crippen molar-refractivity contribution < 1.29 is 14.3 Å². The van der Waals surface area contributed by atoms with E-state index in [0.29, 0.717) is 5.69 Å². The molecule has 2 rings (SSSR count). The zero-order valence-corrected chi connectivity index (χ0v) is 17.1. The molecular weight excluding hydrogens is 354 g/mol. The Morgan fingerprint density at radius 3 is 2.32 bits per heavy atom. The van der Waals surface area contributed by atoms with Crippen molar-refractivity contribution in [3.63, 3.8) is 0 Å². The number of imide groups is 1. The fraction of sp³-hybridized carbons (Fsp3) is 0.364. The quantitative estimate of drug-likeness (QED) is 0.673. The Balaban J connectivity index is 1.93. The monoisotopic (exact) mass is 383 g/mol. The molecule has 0 bridgehead atoms. The number of hydrogen-bond acceptors (Lipinski definition) is 4. The maximum absolute atomic E-state index is 12.4. The summed E-state index contributed by atoms with van der Waals surface area (Å²) in [4.78, 5) is 24.6. The molecule has 0 saturated carbocycles. The van der Waals surface area contributed by atoms with Crippen molar-refractivity contribution in [2.45, 2.75) is 46.2 Å². The highest BCUT2D eigenvalue weighted by Crippen LogP contribution is 2.20. The summed E-state index contributed by atoms with van der Waals surface area (Å²) in [5.74, 6) is 0.404. The standard InChI is InChI=1S/C22H29N3O3/c1-6-19(17-8-10-18(28-5)11-9-17)23-16(4)21(26)25-22(27)24-20-12-7-14(2)13-15(20)3/h7-13,16,19,23H,6H2,1-5H3,(H2,24,25,26,27). The minimum Gasteiger partial charge on any atom is -0.497 e. The molecule has 0 heterocycles. The van der Waals surface area contributed by atoms with E-state index in [1.165, 1.54) is 0 Å². The van der Waals surface area contributed by atoms with Gasteiger partial charge < -0.3 is 10.1 Å². The van der Waals surface area contributed by atoms with Crippen LogP contribution in [0, 0.1) is 13.8 Å². The third-order valence-electron chi connectivity index (χ3n) is 4.64. The molecule has 6 nitrogen and oxygen atoms in total. The van der Waals surface area contributed by atoms with E-state index in [-0.39, 0.29) is 11.9 Å². The summed E-state index contributed by atoms with van der Waals surface area (Å²) in [6.07, 6.45) is 0.804. The van der Waals surface area contributed by atoms with Crippen molar-refractivity contribution in [3.8, 4) is 5.75 Å². The molecule has 2 aromatic rings. The summed E-state index contributed by atoms with van der Waals surface area (Å²) in [5.41, 5.74) is 3.80. The van der Waals surface area contributed by atoms with Gasteiger partial charge in [0.2, 0.25) is 5.91 Å². The summed E-state index contributed by atoms with van der Waals surface area (Å²) in [7, 11) is 1.63. The maximum Gasteiger partial charge on any atom is 0.325 e. The first-order chi connectivity index (χ1) is 13.3. The van der Waals surface area contributed by atoms with Crippen molar-refractivity contribution in [2.24, 2.45) is 0 Å². The minimum atomic E-state index is -0.539. The van der Waals surface area contributed by atoms with E-state index < -0.39 is 12.1 Å². The summed E-state index contributed by atoms with van der Waals surface area (Å²) in [6.45, 7) is 7.68. The first-order valence-corrected chi connectivity index (χ1v) is 9.43. The molecule has 0 aromatic heterocycles. The maximum atomic E-state index is 12.4. The van der Waals surface area contributed by atoms with Gasteiger partial charge in [-0.25, -0.2) is 4.79 Å². The van der Waals surface area contributed by atoms with E-state index in [2.05, 4.69) is 16.0 Å². The summed E-state index contributed by atoms with van der Waals surface area (Å²) in [5, 5.41) is 8.40. The van der Waals surface area contributed by atoms with E-state index in [0.717, 1.165) is 28.9 Å². The lowest BCUT2D eigenvalue weighted by atomic mass is 10.0. The fourth-order valence-electron chi connectivity index (χ4n) is 2.99. The number of urea groups is 1. The zero-order valence-electron chi connectivity index (χ0n) is 17.1. The minimum absolute atomic E-state index is 0.00550. The van der Waals surface area contributed by atoms with Gasteiger partial charge in [-0.3, -0.25) is 15.4 Å². The van der Waals surface area contributed by atoms with Gasteiger partial charge in [-0.1, -0.05) is 36.8 Å². The normalized spacial score (nSPS) is 12.8. The average Bonchev–Trinajstić information content (AvgIpc) is 2.68. The third-order valence-corrected chi connectivity index (χ3v) is 4.64. The van der Waals surface area contributed by atoms with E-state index in [1.807, 2.05) is 63.2 Å². The number of amides is 3. The van der Waals surface area contributed by atoms with Crippen LogP contribution >= 0.6 is 0 Å². The second kappa shape index (κ2) is 9.90. The van der Waals surface area contributed by atoms with Gasteiger partial charge in [0.15, 0.2) is 0 Å². The van der Waals surface area contributed by atoms with Gasteiger partial charge >= 0.3 is 6.03 Å². The molecular formula is C22H29N3O3. The average molecular weight is 383 g/mol. The van der Waals surface area contributed by atoms with Gasteiger partial charge in [-0.2, -0.15) is 0 Å². The molecule has 0 radical (unpaired) electrons. The number of methoxy groups -OCH3 is 1. The number of hydrogen-bond donors (Lipinski definition) is 3. The Hall–Kier alpha value is -2.86. The molecule has 0 aliphatic heterocycles. The molecule has 3 N–H and O–H groups in total. The number of carbonyl (C=O) groups excluding carboxylic acids is 2. The molecule has 2 aromatic carbocycles. The Bertz CT molecular complexity index is 818. The molecule has 0 aliphatic rings. The van der Waals surface area contributed by atoms with Crippen LogP contribution in [-0.2, 0) is 4.79 Å². The van der Waals surface area contributed by atoms with Crippen LogP contribution in [0.3, 0.4) is 0 Å². The van der Waals surface area contributed by atoms with Crippen LogP contribution in [0.1, 0.15) is 43.0 Å². The molecule has 2 atom stereocenters. The predicted octanol–water partition coefficient (Wildman–Crippen LogP) is 4.09. The molecule has 2 unspecified atom stereocenters. The third kappa shape index (κ3) is 5.82. The van der Waals surface area contributed by atoms with Gasteiger partial charge in [-0.05, 0) is 56.5 Å². The topological polar surface area (TPSA) is 79.5 Å². The highest BCUT2D eigenvalue weighted by atomic mass is 16.5. The second-order valence-electron chi connectivity index (χ2n) is 6.88. The van der Waals surface area contributed by atoms with Crippen LogP contribution in [0.2, 0.25) is 0 Å². The Kier molecular flexibility index (Phi) is 7.58. The lowest BCUT2D eigenvalue weighted by Gasteiger charge is -2.22. The van der Waals surface area contributed by atoms with Gasteiger partial charge in [0, 0.05) is 11.7 Å². The zero-order chi connectivity index (χ0) is 20.7. The molecule has 3 amide bonds. The van der Waals surface area contributed by atoms with E-state index in [4.69, 9.17) is 4.74 Å². The van der Waals surface area contributed by atoms with Gasteiger partial charge in [0.25, 0.3) is 0 Å². The smallest absolute Gasteiger partial charge is 0.325 e. The van der Waals surface area contributed by atoms with Gasteiger partial charge in [-0.15, -0.1) is 0 Å². The van der Waals surface area contributed by atoms with Crippen LogP contribution in [0.5, 0.6) is 5.75 Å². The number of carbonyl (C=O) groups is 2. The summed E-state index contributed by atoms with van der Waals surface area (Å²) < 4.78 is 5.18. The summed E-state index contributed by atoms with van der Waals surface area (Å²) >= 11 is 0. The summed E-state index contributed by atoms with van der Waals surface area (Å²) in [6, 6.07) is 12.4. The molecule has 0 spiro atoms. The number of aryl methyl sites for hydroxylation is 2. The van der Waals surface area contributed by atoms with Crippen LogP contribution < -0.4 is 20.7 Å². The van der Waals surface area contributed by atoms with Crippen LogP contribution in [0.4, 0.5) is 10.5 Å².